The molecule has 33 heavy (non-hydrogen) atoms. The first-order chi connectivity index (χ1) is 15.8. The van der Waals surface area contributed by atoms with Crippen molar-refractivity contribution in [2.75, 3.05) is 39.3 Å². The number of carbonyl (C=O) groups is 2. The summed E-state index contributed by atoms with van der Waals surface area (Å²) in [5, 5.41) is 0. The number of piperazine rings is 1. The van der Waals surface area contributed by atoms with Crippen LogP contribution in [0.3, 0.4) is 0 Å². The Labute approximate surface area is 194 Å². The maximum Gasteiger partial charge on any atom is 0.274 e. The Hall–Kier alpha value is -2.85. The number of hydrogen-bond acceptors (Lipinski definition) is 6. The van der Waals surface area contributed by atoms with Gasteiger partial charge in [-0.25, -0.2) is 13.4 Å². The van der Waals surface area contributed by atoms with E-state index in [-0.39, 0.29) is 22.4 Å². The van der Waals surface area contributed by atoms with Crippen LogP contribution in [-0.4, -0.2) is 83.6 Å². The number of sulfonamides is 1. The summed E-state index contributed by atoms with van der Waals surface area (Å²) in [5.74, 6) is 0.149. The van der Waals surface area contributed by atoms with Crippen molar-refractivity contribution < 1.29 is 18.0 Å². The number of piperidine rings is 1. The second-order valence-corrected chi connectivity index (χ2v) is 10.9. The number of amides is 2. The van der Waals surface area contributed by atoms with E-state index in [0.717, 1.165) is 6.42 Å². The summed E-state index contributed by atoms with van der Waals surface area (Å²) in [4.78, 5) is 37.1. The van der Waals surface area contributed by atoms with Gasteiger partial charge in [-0.3, -0.25) is 14.6 Å². The van der Waals surface area contributed by atoms with Gasteiger partial charge in [0.1, 0.15) is 5.69 Å². The largest absolute Gasteiger partial charge is 0.335 e. The van der Waals surface area contributed by atoms with Crippen LogP contribution >= 0.6 is 0 Å². The molecule has 176 valence electrons. The first kappa shape index (κ1) is 23.3. The minimum atomic E-state index is -3.67. The van der Waals surface area contributed by atoms with Gasteiger partial charge in [0.2, 0.25) is 10.0 Å². The lowest BCUT2D eigenvalue weighted by atomic mass is 9.94. The second kappa shape index (κ2) is 9.56. The first-order valence-electron chi connectivity index (χ1n) is 11.2. The molecule has 4 rings (SSSR count). The van der Waals surface area contributed by atoms with Gasteiger partial charge in [-0.15, -0.1) is 0 Å². The SMILES string of the molecule is C[C@H]1C[C@H](C)CN(S(=O)(=O)c2cccc(C(=O)N3CCN(C(=O)c4cnccn4)CC3)c2)C1. The van der Waals surface area contributed by atoms with Crippen molar-refractivity contribution in [2.45, 2.75) is 25.2 Å². The molecule has 1 aromatic heterocycles. The van der Waals surface area contributed by atoms with E-state index in [4.69, 9.17) is 0 Å². The highest BCUT2D eigenvalue weighted by atomic mass is 32.2. The van der Waals surface area contributed by atoms with E-state index in [9.17, 15) is 18.0 Å². The van der Waals surface area contributed by atoms with Crippen LogP contribution in [0.25, 0.3) is 0 Å². The van der Waals surface area contributed by atoms with Gasteiger partial charge < -0.3 is 9.80 Å². The lowest BCUT2D eigenvalue weighted by Crippen LogP contribution is -2.50. The summed E-state index contributed by atoms with van der Waals surface area (Å²) in [6.07, 6.45) is 5.42. The van der Waals surface area contributed by atoms with Gasteiger partial charge in [0.15, 0.2) is 0 Å². The lowest BCUT2D eigenvalue weighted by molar-refractivity contribution is 0.0532. The molecule has 3 heterocycles. The third kappa shape index (κ3) is 5.06. The Morgan fingerprint density at radius 3 is 2.18 bits per heavy atom. The molecule has 0 N–H and O–H groups in total. The zero-order valence-corrected chi connectivity index (χ0v) is 19.7. The Morgan fingerprint density at radius 2 is 1.58 bits per heavy atom. The predicted molar refractivity (Wildman–Crippen MR) is 122 cm³/mol. The van der Waals surface area contributed by atoms with Crippen molar-refractivity contribution >= 4 is 21.8 Å². The van der Waals surface area contributed by atoms with Gasteiger partial charge in [0.05, 0.1) is 11.1 Å². The molecule has 0 bridgehead atoms. The number of benzene rings is 1. The summed E-state index contributed by atoms with van der Waals surface area (Å²) in [5.41, 5.74) is 0.611. The standard InChI is InChI=1S/C23H29N5O4S/c1-17-12-18(2)16-28(15-17)33(31,32)20-5-3-4-19(13-20)22(29)26-8-10-27(11-9-26)23(30)21-14-24-6-7-25-21/h3-7,13-14,17-18H,8-12,15-16H2,1-2H3/t17-,18-/m0/s1. The van der Waals surface area contributed by atoms with Crippen LogP contribution in [0.4, 0.5) is 0 Å². The average Bonchev–Trinajstić information content (AvgIpc) is 2.83. The zero-order valence-electron chi connectivity index (χ0n) is 18.9. The smallest absolute Gasteiger partial charge is 0.274 e. The zero-order chi connectivity index (χ0) is 23.6. The molecule has 0 aliphatic carbocycles. The van der Waals surface area contributed by atoms with Crippen molar-refractivity contribution in [3.8, 4) is 0 Å². The van der Waals surface area contributed by atoms with Crippen molar-refractivity contribution in [2.24, 2.45) is 11.8 Å². The van der Waals surface area contributed by atoms with Gasteiger partial charge in [-0.05, 0) is 36.5 Å². The summed E-state index contributed by atoms with van der Waals surface area (Å²) < 4.78 is 28.0. The van der Waals surface area contributed by atoms with Crippen LogP contribution < -0.4 is 0 Å². The van der Waals surface area contributed by atoms with Gasteiger partial charge in [0, 0.05) is 57.2 Å². The van der Waals surface area contributed by atoms with Crippen molar-refractivity contribution in [1.82, 2.24) is 24.1 Å². The molecule has 0 unspecified atom stereocenters. The highest BCUT2D eigenvalue weighted by Crippen LogP contribution is 2.27. The third-order valence-electron chi connectivity index (χ3n) is 6.19. The number of hydrogen-bond donors (Lipinski definition) is 0. The van der Waals surface area contributed by atoms with Gasteiger partial charge in [-0.2, -0.15) is 4.31 Å². The number of nitrogens with zero attached hydrogens (tertiary/aromatic N) is 5. The minimum Gasteiger partial charge on any atom is -0.335 e. The Bertz CT molecular complexity index is 1110. The van der Waals surface area contributed by atoms with Crippen LogP contribution in [0.15, 0.2) is 47.8 Å². The highest BCUT2D eigenvalue weighted by Gasteiger charge is 2.32. The van der Waals surface area contributed by atoms with E-state index in [2.05, 4.69) is 23.8 Å². The molecular formula is C23H29N5O4S. The molecule has 0 spiro atoms. The molecule has 2 saturated heterocycles. The predicted octanol–water partition coefficient (Wildman–Crippen LogP) is 1.74. The molecule has 0 radical (unpaired) electrons. The number of carbonyl (C=O) groups excluding carboxylic acids is 2. The monoisotopic (exact) mass is 471 g/mol. The van der Waals surface area contributed by atoms with Crippen LogP contribution in [0, 0.1) is 11.8 Å². The summed E-state index contributed by atoms with van der Waals surface area (Å²) in [6, 6.07) is 6.27. The fourth-order valence-corrected chi connectivity index (χ4v) is 6.33. The fourth-order valence-electron chi connectivity index (χ4n) is 4.61. The van der Waals surface area contributed by atoms with E-state index in [1.165, 1.54) is 29.0 Å². The second-order valence-electron chi connectivity index (χ2n) is 8.97. The molecule has 2 aliphatic heterocycles. The normalized spacial score (nSPS) is 22.2. The minimum absolute atomic E-state index is 0.145. The molecule has 2 atom stereocenters. The Kier molecular flexibility index (Phi) is 6.76. The molecule has 2 aliphatic rings. The van der Waals surface area contributed by atoms with Crippen molar-refractivity contribution in [3.63, 3.8) is 0 Å². The van der Waals surface area contributed by atoms with Gasteiger partial charge >= 0.3 is 0 Å². The van der Waals surface area contributed by atoms with Crippen LogP contribution in [0.5, 0.6) is 0 Å². The quantitative estimate of drug-likeness (QED) is 0.673. The Morgan fingerprint density at radius 1 is 0.939 bits per heavy atom. The maximum atomic E-state index is 13.2. The number of aromatic nitrogens is 2. The third-order valence-corrected chi connectivity index (χ3v) is 8.02. The first-order valence-corrected chi connectivity index (χ1v) is 12.6. The fraction of sp³-hybridized carbons (Fsp3) is 0.478. The molecule has 2 amide bonds. The topological polar surface area (TPSA) is 104 Å². The van der Waals surface area contributed by atoms with Gasteiger partial charge in [-0.1, -0.05) is 19.9 Å². The molecule has 10 heteroatoms. The summed E-state index contributed by atoms with van der Waals surface area (Å²) in [6.45, 7) is 6.59. The molecule has 2 aromatic rings. The lowest BCUT2D eigenvalue weighted by Gasteiger charge is -2.35. The molecule has 2 fully saturated rings. The average molecular weight is 472 g/mol. The van der Waals surface area contributed by atoms with Crippen LogP contribution in [0.2, 0.25) is 0 Å². The maximum absolute atomic E-state index is 13.2. The number of rotatable bonds is 4. The van der Waals surface area contributed by atoms with E-state index in [1.807, 2.05) is 0 Å². The van der Waals surface area contributed by atoms with Crippen molar-refractivity contribution in [1.29, 1.82) is 0 Å². The summed E-state index contributed by atoms with van der Waals surface area (Å²) in [7, 11) is -3.67. The molecule has 9 nitrogen and oxygen atoms in total. The molecule has 1 aromatic carbocycles. The Balaban J connectivity index is 1.44. The highest BCUT2D eigenvalue weighted by molar-refractivity contribution is 7.89. The van der Waals surface area contributed by atoms with Crippen LogP contribution in [0.1, 0.15) is 41.1 Å². The van der Waals surface area contributed by atoms with Gasteiger partial charge in [0.25, 0.3) is 11.8 Å². The van der Waals surface area contributed by atoms with E-state index in [0.29, 0.717) is 56.7 Å². The van der Waals surface area contributed by atoms with Crippen molar-refractivity contribution in [3.05, 3.63) is 54.1 Å². The van der Waals surface area contributed by atoms with Crippen LogP contribution in [-0.2, 0) is 10.0 Å². The van der Waals surface area contributed by atoms with E-state index in [1.54, 1.807) is 28.0 Å². The summed E-state index contributed by atoms with van der Waals surface area (Å²) >= 11 is 0. The molecule has 0 saturated carbocycles. The van der Waals surface area contributed by atoms with E-state index < -0.39 is 10.0 Å². The van der Waals surface area contributed by atoms with E-state index >= 15 is 0 Å². The molecular weight excluding hydrogens is 442 g/mol.